The van der Waals surface area contributed by atoms with E-state index < -0.39 is 29.2 Å². The number of nitrogens with two attached hydrogens (primary N) is 1. The average molecular weight is 895 g/mol. The number of nitrogens with zero attached hydrogens (tertiary/aromatic N) is 7. The Hall–Kier alpha value is -4.56. The van der Waals surface area contributed by atoms with Gasteiger partial charge < -0.3 is 25.0 Å². The highest BCUT2D eigenvalue weighted by Gasteiger charge is 2.35. The number of aliphatic imine (C=N–C) groups is 1. The van der Waals surface area contributed by atoms with Crippen molar-refractivity contribution in [1.82, 2.24) is 29.8 Å². The number of carbonyl (C=O) groups excluding carboxylic acids is 4. The van der Waals surface area contributed by atoms with E-state index in [0.717, 1.165) is 33.6 Å². The molecule has 2 saturated heterocycles. The van der Waals surface area contributed by atoms with Crippen LogP contribution in [-0.4, -0.2) is 139 Å². The van der Waals surface area contributed by atoms with Crippen LogP contribution in [0.5, 0.6) is 0 Å². The third kappa shape index (κ3) is 15.1. The Morgan fingerprint density at radius 3 is 1.77 bits per heavy atom. The van der Waals surface area contributed by atoms with E-state index in [2.05, 4.69) is 25.4 Å². The highest BCUT2D eigenvalue weighted by Crippen LogP contribution is 2.28. The highest BCUT2D eigenvalue weighted by molar-refractivity contribution is 8.26. The Bertz CT molecular complexity index is 1970. The van der Waals surface area contributed by atoms with Crippen molar-refractivity contribution in [1.29, 1.82) is 5.41 Å². The topological polar surface area (TPSA) is 200 Å². The highest BCUT2D eigenvalue weighted by atomic mass is 32.2. The molecule has 3 aromatic rings. The molecule has 4 N–H and O–H groups in total. The molecular weight excluding hydrogens is 837 g/mol. The zero-order valence-corrected chi connectivity index (χ0v) is 38.2. The van der Waals surface area contributed by atoms with Crippen LogP contribution >= 0.6 is 34.9 Å². The van der Waals surface area contributed by atoms with Crippen LogP contribution in [-0.2, 0) is 25.5 Å². The zero-order chi connectivity index (χ0) is 44.2. The number of benzene rings is 2. The Morgan fingerprint density at radius 2 is 1.26 bits per heavy atom. The molecule has 1 aromatic heterocycles. The molecule has 0 spiro atoms. The van der Waals surface area contributed by atoms with Crippen molar-refractivity contribution in [3.63, 3.8) is 0 Å². The summed E-state index contributed by atoms with van der Waals surface area (Å²) in [6.07, 6.45) is 0.350. The second-order valence-electron chi connectivity index (χ2n) is 16.5. The van der Waals surface area contributed by atoms with Gasteiger partial charge in [0, 0.05) is 65.2 Å². The number of hydrogen-bond acceptors (Lipinski definition) is 14. The summed E-state index contributed by atoms with van der Waals surface area (Å²) in [6.45, 7) is 14.6. The molecular formula is C42H58N10O6S3. The molecule has 2 aliphatic rings. The molecule has 4 amide bonds. The molecule has 0 radical (unpaired) electrons. The fourth-order valence-electron chi connectivity index (χ4n) is 6.66. The Kier molecular flexibility index (Phi) is 17.1. The van der Waals surface area contributed by atoms with Gasteiger partial charge in [-0.2, -0.15) is 16.8 Å². The number of aromatic nitrogens is 2. The maximum atomic E-state index is 13.8. The number of thioether (sulfide) groups is 2. The molecule has 0 aliphatic carbocycles. The van der Waals surface area contributed by atoms with Crippen LogP contribution < -0.4 is 11.1 Å². The van der Waals surface area contributed by atoms with Crippen molar-refractivity contribution in [3.05, 3.63) is 76.8 Å². The van der Waals surface area contributed by atoms with E-state index in [1.165, 1.54) is 11.3 Å². The maximum Gasteiger partial charge on any atom is 0.410 e. The van der Waals surface area contributed by atoms with Crippen LogP contribution in [0, 0.1) is 5.41 Å². The smallest absolute Gasteiger partial charge is 0.410 e. The third-order valence-corrected chi connectivity index (χ3v) is 12.1. The lowest BCUT2D eigenvalue weighted by atomic mass is 10.0. The first kappa shape index (κ1) is 47.5. The third-order valence-electron chi connectivity index (χ3n) is 9.45. The van der Waals surface area contributed by atoms with Gasteiger partial charge in [-0.15, -0.1) is 10.2 Å². The first-order valence-electron chi connectivity index (χ1n) is 20.3. The van der Waals surface area contributed by atoms with Gasteiger partial charge in [-0.3, -0.25) is 30.1 Å². The number of hydrogen-bond donors (Lipinski definition) is 3. The van der Waals surface area contributed by atoms with E-state index in [1.807, 2.05) is 107 Å². The number of piperazine rings is 2. The average Bonchev–Trinajstić information content (AvgIpc) is 3.64. The van der Waals surface area contributed by atoms with Crippen LogP contribution in [0.1, 0.15) is 76.2 Å². The first-order chi connectivity index (χ1) is 29.0. The van der Waals surface area contributed by atoms with E-state index in [0.29, 0.717) is 81.1 Å². The summed E-state index contributed by atoms with van der Waals surface area (Å²) in [6, 6.07) is 17.7. The summed E-state index contributed by atoms with van der Waals surface area (Å²) < 4.78 is 11.1. The lowest BCUT2D eigenvalue weighted by Crippen LogP contribution is -2.52. The SMILES string of the molecule is CC(C)(C)OC(=O)N1CCN(C(C(=O)N=C(N)SC(=N)CCSCCc2nnc(NC(=O)C(c3ccccc3)N3CCN(C(=O)OC(C)(C)C)CC3)s2)c2ccccc2)CC1. The molecule has 2 aromatic carbocycles. The molecule has 0 bridgehead atoms. The summed E-state index contributed by atoms with van der Waals surface area (Å²) in [5, 5.41) is 21.5. The summed E-state index contributed by atoms with van der Waals surface area (Å²) in [5.41, 5.74) is 6.65. The van der Waals surface area contributed by atoms with Crippen LogP contribution in [0.25, 0.3) is 0 Å². The molecule has 61 heavy (non-hydrogen) atoms. The van der Waals surface area contributed by atoms with Crippen LogP contribution in [0.2, 0.25) is 0 Å². The Balaban J connectivity index is 1.06. The van der Waals surface area contributed by atoms with E-state index >= 15 is 0 Å². The first-order valence-corrected chi connectivity index (χ1v) is 23.1. The number of rotatable bonds is 13. The van der Waals surface area contributed by atoms with Gasteiger partial charge in [0.05, 0.1) is 5.04 Å². The minimum absolute atomic E-state index is 0.00863. The molecule has 330 valence electrons. The molecule has 2 atom stereocenters. The minimum atomic E-state index is -0.682. The summed E-state index contributed by atoms with van der Waals surface area (Å²) >= 11 is 3.96. The van der Waals surface area contributed by atoms with Crippen molar-refractivity contribution in [3.8, 4) is 0 Å². The van der Waals surface area contributed by atoms with Gasteiger partial charge in [-0.1, -0.05) is 72.0 Å². The molecule has 2 unspecified atom stereocenters. The monoisotopic (exact) mass is 894 g/mol. The maximum absolute atomic E-state index is 13.8. The van der Waals surface area contributed by atoms with Gasteiger partial charge >= 0.3 is 12.2 Å². The number of nitrogens with one attached hydrogen (secondary N) is 2. The number of ether oxygens (including phenoxy) is 2. The number of amides is 4. The molecule has 0 saturated carbocycles. The molecule has 19 heteroatoms. The quantitative estimate of drug-likeness (QED) is 0.0985. The summed E-state index contributed by atoms with van der Waals surface area (Å²) in [4.78, 5) is 64.2. The second-order valence-corrected chi connectivity index (χ2v) is 20.0. The van der Waals surface area contributed by atoms with E-state index in [9.17, 15) is 19.2 Å². The lowest BCUT2D eigenvalue weighted by Gasteiger charge is -2.39. The van der Waals surface area contributed by atoms with Gasteiger partial charge in [-0.05, 0) is 75.9 Å². The van der Waals surface area contributed by atoms with Crippen molar-refractivity contribution in [2.75, 3.05) is 69.2 Å². The van der Waals surface area contributed by atoms with E-state index in [-0.39, 0.29) is 23.3 Å². The number of aryl methyl sites for hydroxylation is 1. The molecule has 5 rings (SSSR count). The van der Waals surface area contributed by atoms with E-state index in [4.69, 9.17) is 20.6 Å². The largest absolute Gasteiger partial charge is 0.444 e. The Labute approximate surface area is 370 Å². The summed E-state index contributed by atoms with van der Waals surface area (Å²) in [7, 11) is 0. The van der Waals surface area contributed by atoms with Gasteiger partial charge in [0.1, 0.15) is 28.3 Å². The molecule has 3 heterocycles. The molecule has 2 aliphatic heterocycles. The fraction of sp³-hybridized carbons (Fsp3) is 0.524. The van der Waals surface area contributed by atoms with Gasteiger partial charge in [0.25, 0.3) is 5.91 Å². The zero-order valence-electron chi connectivity index (χ0n) is 35.8. The Morgan fingerprint density at radius 1 is 0.770 bits per heavy atom. The van der Waals surface area contributed by atoms with Crippen LogP contribution in [0.4, 0.5) is 14.7 Å². The van der Waals surface area contributed by atoms with Crippen molar-refractivity contribution < 1.29 is 28.7 Å². The standard InChI is InChI=1S/C42H58N10O6S3/c1-41(2,3)57-39(55)51-23-19-49(20-24-51)33(29-13-9-7-10-14-29)35(53)45-37(44)60-31(43)17-27-59-28-18-32-47-48-38(61-32)46-36(54)34(30-15-11-8-12-16-30)50-21-25-52(26-22-50)40(56)58-42(4,5)6/h7-16,33-34,43H,17-28H2,1-6H3,(H2,44,45,53)(H,46,48,54). The molecule has 2 fully saturated rings. The minimum Gasteiger partial charge on any atom is -0.444 e. The number of carbonyl (C=O) groups is 4. The predicted octanol–water partition coefficient (Wildman–Crippen LogP) is 6.28. The van der Waals surface area contributed by atoms with E-state index in [1.54, 1.807) is 21.6 Å². The van der Waals surface area contributed by atoms with Gasteiger partial charge in [0.2, 0.25) is 11.0 Å². The fourth-order valence-corrected chi connectivity index (χ4v) is 9.14. The van der Waals surface area contributed by atoms with Gasteiger partial charge in [0.15, 0.2) is 5.17 Å². The second kappa shape index (κ2) is 22.0. The number of anilines is 1. The van der Waals surface area contributed by atoms with Crippen molar-refractivity contribution >= 4 is 74.2 Å². The normalized spacial score (nSPS) is 16.7. The van der Waals surface area contributed by atoms with Crippen molar-refractivity contribution in [2.45, 2.75) is 77.7 Å². The number of amidine groups is 1. The molecule has 16 nitrogen and oxygen atoms in total. The van der Waals surface area contributed by atoms with Gasteiger partial charge in [-0.25, -0.2) is 9.59 Å². The lowest BCUT2D eigenvalue weighted by molar-refractivity contribution is -0.124. The predicted molar refractivity (Wildman–Crippen MR) is 243 cm³/mol. The van der Waals surface area contributed by atoms with Crippen LogP contribution in [0.15, 0.2) is 65.7 Å². The van der Waals surface area contributed by atoms with Crippen LogP contribution in [0.3, 0.4) is 0 Å². The summed E-state index contributed by atoms with van der Waals surface area (Å²) in [5.74, 6) is 0.745. The van der Waals surface area contributed by atoms with Crippen molar-refractivity contribution in [2.24, 2.45) is 10.7 Å².